The van der Waals surface area contributed by atoms with Gasteiger partial charge in [-0.2, -0.15) is 0 Å². The van der Waals surface area contributed by atoms with Crippen molar-refractivity contribution in [3.05, 3.63) is 35.9 Å². The number of rotatable bonds is 5. The highest BCUT2D eigenvalue weighted by atomic mass is 16.5. The number of aromatic nitrogens is 1. The van der Waals surface area contributed by atoms with Gasteiger partial charge in [-0.3, -0.25) is 4.79 Å². The summed E-state index contributed by atoms with van der Waals surface area (Å²) in [7, 11) is 1.57. The molecule has 0 bridgehead atoms. The van der Waals surface area contributed by atoms with Gasteiger partial charge in [-0.05, 0) is 51.8 Å². The largest absolute Gasteiger partial charge is 0.481 e. The topological polar surface area (TPSA) is 54.5 Å². The molecular formula is C20H27N3O2. The first-order valence-corrected chi connectivity index (χ1v) is 9.04. The average Bonchev–Trinajstić information content (AvgIpc) is 2.65. The Morgan fingerprint density at radius 2 is 2.04 bits per heavy atom. The van der Waals surface area contributed by atoms with E-state index in [1.54, 1.807) is 13.2 Å². The molecule has 134 valence electrons. The summed E-state index contributed by atoms with van der Waals surface area (Å²) in [5, 5.41) is 3.97. The van der Waals surface area contributed by atoms with Crippen molar-refractivity contribution in [3.63, 3.8) is 0 Å². The second-order valence-electron chi connectivity index (χ2n) is 7.01. The van der Waals surface area contributed by atoms with Crippen molar-refractivity contribution in [3.8, 4) is 5.88 Å². The fraction of sp³-hybridized carbons (Fsp3) is 0.500. The van der Waals surface area contributed by atoms with E-state index < -0.39 is 0 Å². The van der Waals surface area contributed by atoms with Crippen molar-refractivity contribution < 1.29 is 9.53 Å². The third-order valence-electron chi connectivity index (χ3n) is 5.08. The molecule has 5 nitrogen and oxygen atoms in total. The van der Waals surface area contributed by atoms with Crippen molar-refractivity contribution in [2.45, 2.75) is 32.7 Å². The van der Waals surface area contributed by atoms with Gasteiger partial charge in [0, 0.05) is 24.0 Å². The van der Waals surface area contributed by atoms with Crippen LogP contribution in [0.3, 0.4) is 0 Å². The van der Waals surface area contributed by atoms with Crippen LogP contribution in [0, 0.1) is 5.92 Å². The van der Waals surface area contributed by atoms with Crippen molar-refractivity contribution in [2.24, 2.45) is 5.92 Å². The number of nitrogens with zero attached hydrogens (tertiary/aromatic N) is 2. The van der Waals surface area contributed by atoms with Crippen LogP contribution in [0.15, 0.2) is 30.3 Å². The third-order valence-corrected chi connectivity index (χ3v) is 5.08. The molecule has 0 atom stereocenters. The Morgan fingerprint density at radius 3 is 2.72 bits per heavy atom. The van der Waals surface area contributed by atoms with E-state index in [1.807, 2.05) is 24.3 Å². The fourth-order valence-corrected chi connectivity index (χ4v) is 3.45. The Balaban J connectivity index is 1.67. The van der Waals surface area contributed by atoms with Crippen LogP contribution in [-0.4, -0.2) is 48.6 Å². The first-order valence-electron chi connectivity index (χ1n) is 9.04. The molecule has 1 amide bonds. The van der Waals surface area contributed by atoms with Gasteiger partial charge in [-0.1, -0.05) is 18.2 Å². The van der Waals surface area contributed by atoms with E-state index in [9.17, 15) is 4.79 Å². The summed E-state index contributed by atoms with van der Waals surface area (Å²) in [5.74, 6) is 0.964. The van der Waals surface area contributed by atoms with Gasteiger partial charge in [0.15, 0.2) is 0 Å². The Morgan fingerprint density at radius 1 is 1.32 bits per heavy atom. The summed E-state index contributed by atoms with van der Waals surface area (Å²) >= 11 is 0. The Kier molecular flexibility index (Phi) is 5.53. The second kappa shape index (κ2) is 7.83. The predicted octanol–water partition coefficient (Wildman–Crippen LogP) is 3.09. The molecule has 25 heavy (non-hydrogen) atoms. The second-order valence-corrected chi connectivity index (χ2v) is 7.01. The maximum Gasteiger partial charge on any atom is 0.252 e. The van der Waals surface area contributed by atoms with E-state index in [4.69, 9.17) is 4.74 Å². The maximum absolute atomic E-state index is 12.7. The summed E-state index contributed by atoms with van der Waals surface area (Å²) in [6.45, 7) is 7.44. The number of methoxy groups -OCH3 is 1. The molecular weight excluding hydrogens is 314 g/mol. The molecule has 1 fully saturated rings. The molecule has 0 saturated carbocycles. The van der Waals surface area contributed by atoms with Gasteiger partial charge in [0.1, 0.15) is 0 Å². The number of hydrogen-bond donors (Lipinski definition) is 1. The molecule has 1 N–H and O–H groups in total. The maximum atomic E-state index is 12.7. The summed E-state index contributed by atoms with van der Waals surface area (Å²) in [5.41, 5.74) is 1.40. The molecule has 1 aliphatic rings. The summed E-state index contributed by atoms with van der Waals surface area (Å²) in [6, 6.07) is 9.99. The van der Waals surface area contributed by atoms with Crippen molar-refractivity contribution in [1.82, 2.24) is 15.2 Å². The van der Waals surface area contributed by atoms with Crippen LogP contribution >= 0.6 is 0 Å². The number of para-hydroxylation sites is 1. The van der Waals surface area contributed by atoms with Gasteiger partial charge in [-0.15, -0.1) is 0 Å². The average molecular weight is 341 g/mol. The number of fused-ring (bicyclic) bond motifs is 1. The van der Waals surface area contributed by atoms with Crippen LogP contribution in [0.1, 0.15) is 37.0 Å². The lowest BCUT2D eigenvalue weighted by Gasteiger charge is -2.34. The number of piperidine rings is 1. The molecule has 0 aliphatic carbocycles. The van der Waals surface area contributed by atoms with Crippen LogP contribution in [-0.2, 0) is 0 Å². The number of carbonyl (C=O) groups excluding carboxylic acids is 1. The molecule has 1 aliphatic heterocycles. The Labute approximate surface area is 149 Å². The van der Waals surface area contributed by atoms with Crippen LogP contribution in [0.5, 0.6) is 5.88 Å². The monoisotopic (exact) mass is 341 g/mol. The molecule has 2 aromatic rings. The lowest BCUT2D eigenvalue weighted by molar-refractivity contribution is 0.0931. The molecule has 1 aromatic heterocycles. The zero-order chi connectivity index (χ0) is 17.8. The van der Waals surface area contributed by atoms with Crippen LogP contribution in [0.2, 0.25) is 0 Å². The number of hydrogen-bond acceptors (Lipinski definition) is 4. The highest BCUT2D eigenvalue weighted by Crippen LogP contribution is 2.22. The number of amides is 1. The van der Waals surface area contributed by atoms with E-state index in [0.29, 0.717) is 23.4 Å². The summed E-state index contributed by atoms with van der Waals surface area (Å²) in [6.07, 6.45) is 2.28. The zero-order valence-electron chi connectivity index (χ0n) is 15.3. The summed E-state index contributed by atoms with van der Waals surface area (Å²) < 4.78 is 5.25. The van der Waals surface area contributed by atoms with Gasteiger partial charge >= 0.3 is 0 Å². The van der Waals surface area contributed by atoms with Crippen LogP contribution in [0.25, 0.3) is 10.9 Å². The van der Waals surface area contributed by atoms with E-state index in [2.05, 4.69) is 29.0 Å². The number of carbonyl (C=O) groups is 1. The molecule has 1 saturated heterocycles. The molecule has 1 aromatic carbocycles. The number of pyridine rings is 1. The van der Waals surface area contributed by atoms with E-state index in [-0.39, 0.29) is 5.91 Å². The molecule has 0 radical (unpaired) electrons. The SMILES string of the molecule is COc1cc(C(=O)NCC2CCN(C(C)C)CC2)c2ccccc2n1. The highest BCUT2D eigenvalue weighted by molar-refractivity contribution is 6.06. The molecule has 2 heterocycles. The Bertz CT molecular complexity index is 737. The van der Waals surface area contributed by atoms with Gasteiger partial charge in [0.25, 0.3) is 5.91 Å². The molecule has 0 unspecified atom stereocenters. The first kappa shape index (κ1) is 17.7. The number of benzene rings is 1. The molecule has 5 heteroatoms. The van der Waals surface area contributed by atoms with E-state index in [1.165, 1.54) is 0 Å². The van der Waals surface area contributed by atoms with Crippen LogP contribution in [0.4, 0.5) is 0 Å². The molecule has 0 spiro atoms. The minimum atomic E-state index is -0.0526. The van der Waals surface area contributed by atoms with Gasteiger partial charge in [0.05, 0.1) is 18.2 Å². The zero-order valence-corrected chi connectivity index (χ0v) is 15.3. The third kappa shape index (κ3) is 4.10. The van der Waals surface area contributed by atoms with E-state index in [0.717, 1.165) is 43.4 Å². The lowest BCUT2D eigenvalue weighted by Crippen LogP contribution is -2.41. The molecule has 3 rings (SSSR count). The minimum absolute atomic E-state index is 0.0526. The lowest BCUT2D eigenvalue weighted by atomic mass is 9.96. The predicted molar refractivity (Wildman–Crippen MR) is 100 cm³/mol. The summed E-state index contributed by atoms with van der Waals surface area (Å²) in [4.78, 5) is 19.6. The highest BCUT2D eigenvalue weighted by Gasteiger charge is 2.22. The first-order chi connectivity index (χ1) is 12.1. The number of nitrogens with one attached hydrogen (secondary N) is 1. The Hall–Kier alpha value is -2.14. The van der Waals surface area contributed by atoms with Gasteiger partial charge < -0.3 is 15.0 Å². The van der Waals surface area contributed by atoms with Gasteiger partial charge in [-0.25, -0.2) is 4.98 Å². The van der Waals surface area contributed by atoms with Gasteiger partial charge in [0.2, 0.25) is 5.88 Å². The van der Waals surface area contributed by atoms with Crippen molar-refractivity contribution in [1.29, 1.82) is 0 Å². The van der Waals surface area contributed by atoms with E-state index >= 15 is 0 Å². The minimum Gasteiger partial charge on any atom is -0.481 e. The van der Waals surface area contributed by atoms with Crippen molar-refractivity contribution >= 4 is 16.8 Å². The normalized spacial score (nSPS) is 16.3. The van der Waals surface area contributed by atoms with Crippen molar-refractivity contribution in [2.75, 3.05) is 26.7 Å². The quantitative estimate of drug-likeness (QED) is 0.908. The fourth-order valence-electron chi connectivity index (χ4n) is 3.45. The smallest absolute Gasteiger partial charge is 0.252 e. The van der Waals surface area contributed by atoms with Crippen LogP contribution < -0.4 is 10.1 Å². The standard InChI is InChI=1S/C20H27N3O2/c1-14(2)23-10-8-15(9-11-23)13-21-20(24)17-12-19(25-3)22-18-7-5-4-6-16(17)18/h4-7,12,14-15H,8-11,13H2,1-3H3,(H,21,24). The number of likely N-dealkylation sites (tertiary alicyclic amines) is 1. The number of ether oxygens (including phenoxy) is 1.